The number of halogens is 2. The van der Waals surface area contributed by atoms with Gasteiger partial charge in [0.25, 0.3) is 0 Å². The van der Waals surface area contributed by atoms with Gasteiger partial charge in [0.05, 0.1) is 25.6 Å². The molecule has 3 aromatic carbocycles. The molecule has 35 heavy (non-hydrogen) atoms. The highest BCUT2D eigenvalue weighted by Gasteiger charge is 2.16. The molecule has 2 N–H and O–H groups in total. The predicted molar refractivity (Wildman–Crippen MR) is 131 cm³/mol. The number of anilines is 1. The van der Waals surface area contributed by atoms with Crippen molar-refractivity contribution in [2.45, 2.75) is 13.5 Å². The van der Waals surface area contributed by atoms with Crippen LogP contribution < -0.4 is 25.0 Å². The monoisotopic (exact) mass is 499 g/mol. The minimum atomic E-state index is -0.979. The third kappa shape index (κ3) is 7.44. The molecule has 8 nitrogen and oxygen atoms in total. The van der Waals surface area contributed by atoms with Crippen LogP contribution in [0.4, 0.5) is 10.1 Å². The van der Waals surface area contributed by atoms with Crippen LogP contribution in [0.2, 0.25) is 5.02 Å². The molecule has 0 fully saturated rings. The van der Waals surface area contributed by atoms with Crippen molar-refractivity contribution < 1.29 is 28.2 Å². The van der Waals surface area contributed by atoms with E-state index in [9.17, 15) is 14.0 Å². The van der Waals surface area contributed by atoms with Crippen molar-refractivity contribution in [1.82, 2.24) is 5.43 Å². The Bertz CT molecular complexity index is 1220. The second kappa shape index (κ2) is 12.4. The van der Waals surface area contributed by atoms with Gasteiger partial charge in [0.1, 0.15) is 18.2 Å². The maximum Gasteiger partial charge on any atom is 0.329 e. The highest BCUT2D eigenvalue weighted by Crippen LogP contribution is 2.29. The lowest BCUT2D eigenvalue weighted by atomic mass is 10.2. The van der Waals surface area contributed by atoms with Gasteiger partial charge in [-0.25, -0.2) is 9.82 Å². The highest BCUT2D eigenvalue weighted by atomic mass is 35.5. The van der Waals surface area contributed by atoms with Crippen molar-refractivity contribution in [2.24, 2.45) is 5.10 Å². The predicted octanol–water partition coefficient (Wildman–Crippen LogP) is 4.55. The fourth-order valence-electron chi connectivity index (χ4n) is 2.91. The molecule has 0 bridgehead atoms. The number of hydrogen-bond donors (Lipinski definition) is 2. The lowest BCUT2D eigenvalue weighted by Crippen LogP contribution is -2.32. The molecular formula is C25H23ClFN3O5. The van der Waals surface area contributed by atoms with Crippen LogP contribution in [0.5, 0.6) is 17.2 Å². The number of amides is 2. The van der Waals surface area contributed by atoms with Gasteiger partial charge in [-0.1, -0.05) is 23.7 Å². The zero-order chi connectivity index (χ0) is 25.2. The van der Waals surface area contributed by atoms with E-state index in [0.717, 1.165) is 5.56 Å². The third-order valence-corrected chi connectivity index (χ3v) is 4.81. The van der Waals surface area contributed by atoms with E-state index in [1.165, 1.54) is 31.5 Å². The molecule has 2 amide bonds. The molecule has 0 aromatic heterocycles. The van der Waals surface area contributed by atoms with Crippen LogP contribution in [0.15, 0.2) is 65.8 Å². The molecule has 0 aliphatic heterocycles. The van der Waals surface area contributed by atoms with Crippen molar-refractivity contribution in [1.29, 1.82) is 0 Å². The molecule has 0 aliphatic rings. The Labute approximate surface area is 206 Å². The third-order valence-electron chi connectivity index (χ3n) is 4.57. The van der Waals surface area contributed by atoms with Gasteiger partial charge in [-0.05, 0) is 66.6 Å². The first-order valence-corrected chi connectivity index (χ1v) is 10.9. The molecule has 0 saturated heterocycles. The molecule has 182 valence electrons. The summed E-state index contributed by atoms with van der Waals surface area (Å²) in [5, 5.41) is 6.62. The van der Waals surface area contributed by atoms with Gasteiger partial charge >= 0.3 is 11.8 Å². The van der Waals surface area contributed by atoms with Crippen LogP contribution in [0.1, 0.15) is 18.1 Å². The summed E-state index contributed by atoms with van der Waals surface area (Å²) >= 11 is 5.93. The van der Waals surface area contributed by atoms with Crippen molar-refractivity contribution in [2.75, 3.05) is 19.0 Å². The summed E-state index contributed by atoms with van der Waals surface area (Å²) in [4.78, 5) is 24.3. The lowest BCUT2D eigenvalue weighted by Gasteiger charge is -2.12. The number of carbonyl (C=O) groups is 2. The zero-order valence-corrected chi connectivity index (χ0v) is 19.8. The summed E-state index contributed by atoms with van der Waals surface area (Å²) in [5.41, 5.74) is 3.81. The number of rotatable bonds is 9. The van der Waals surface area contributed by atoms with E-state index in [1.807, 2.05) is 6.92 Å². The first-order chi connectivity index (χ1) is 16.9. The van der Waals surface area contributed by atoms with E-state index < -0.39 is 11.8 Å². The zero-order valence-electron chi connectivity index (χ0n) is 19.0. The SMILES string of the molecule is CCOc1cc(/C=N/NC(=O)C(=O)Nc2cc(Cl)ccc2OC)ccc1OCc1ccc(F)cc1. The number of ether oxygens (including phenoxy) is 3. The summed E-state index contributed by atoms with van der Waals surface area (Å²) in [7, 11) is 1.43. The Morgan fingerprint density at radius 3 is 2.43 bits per heavy atom. The van der Waals surface area contributed by atoms with E-state index in [4.69, 9.17) is 25.8 Å². The Hall–Kier alpha value is -4.11. The molecule has 0 spiro atoms. The summed E-state index contributed by atoms with van der Waals surface area (Å²) in [6, 6.07) is 15.7. The highest BCUT2D eigenvalue weighted by molar-refractivity contribution is 6.40. The fraction of sp³-hybridized carbons (Fsp3) is 0.160. The van der Waals surface area contributed by atoms with Gasteiger partial charge in [0.2, 0.25) is 0 Å². The molecule has 0 saturated carbocycles. The number of hydrazone groups is 1. The molecular weight excluding hydrogens is 477 g/mol. The van der Waals surface area contributed by atoms with E-state index in [2.05, 4.69) is 15.8 Å². The van der Waals surface area contributed by atoms with Crippen molar-refractivity contribution >= 4 is 35.3 Å². The Kier molecular flexibility index (Phi) is 9.02. The number of hydrogen-bond acceptors (Lipinski definition) is 6. The topological polar surface area (TPSA) is 98.2 Å². The molecule has 3 rings (SSSR count). The van der Waals surface area contributed by atoms with Crippen LogP contribution in [-0.4, -0.2) is 31.7 Å². The standard InChI is InChI=1S/C25H23ClFN3O5/c1-3-34-23-12-17(6-10-22(23)35-15-16-4-8-19(27)9-5-16)14-28-30-25(32)24(31)29-20-13-18(26)7-11-21(20)33-2/h4-14H,3,15H2,1-2H3,(H,29,31)(H,30,32)/b28-14+. The molecule has 0 aliphatic carbocycles. The number of methoxy groups -OCH3 is 1. The molecule has 0 radical (unpaired) electrons. The second-order valence-corrected chi connectivity index (χ2v) is 7.49. The smallest absolute Gasteiger partial charge is 0.329 e. The summed E-state index contributed by atoms with van der Waals surface area (Å²) in [6.07, 6.45) is 1.36. The first-order valence-electron chi connectivity index (χ1n) is 10.5. The second-order valence-electron chi connectivity index (χ2n) is 7.05. The van der Waals surface area contributed by atoms with Crippen molar-refractivity contribution in [3.8, 4) is 17.2 Å². The van der Waals surface area contributed by atoms with Crippen LogP contribution in [-0.2, 0) is 16.2 Å². The average molecular weight is 500 g/mol. The van der Waals surface area contributed by atoms with E-state index in [-0.39, 0.29) is 18.1 Å². The van der Waals surface area contributed by atoms with Gasteiger partial charge in [0.15, 0.2) is 11.5 Å². The Morgan fingerprint density at radius 1 is 0.971 bits per heavy atom. The van der Waals surface area contributed by atoms with Crippen LogP contribution in [0, 0.1) is 5.82 Å². The number of carbonyl (C=O) groups excluding carboxylic acids is 2. The van der Waals surface area contributed by atoms with E-state index in [1.54, 1.807) is 42.5 Å². The minimum absolute atomic E-state index is 0.233. The van der Waals surface area contributed by atoms with Gasteiger partial charge in [-0.15, -0.1) is 0 Å². The van der Waals surface area contributed by atoms with Crippen LogP contribution in [0.3, 0.4) is 0 Å². The molecule has 0 atom stereocenters. The Balaban J connectivity index is 1.61. The van der Waals surface area contributed by atoms with E-state index in [0.29, 0.717) is 34.4 Å². The van der Waals surface area contributed by atoms with Gasteiger partial charge in [-0.2, -0.15) is 5.10 Å². The van der Waals surface area contributed by atoms with Crippen LogP contribution >= 0.6 is 11.6 Å². The van der Waals surface area contributed by atoms with Crippen molar-refractivity contribution in [3.63, 3.8) is 0 Å². The van der Waals surface area contributed by atoms with E-state index >= 15 is 0 Å². The summed E-state index contributed by atoms with van der Waals surface area (Å²) < 4.78 is 29.6. The normalized spacial score (nSPS) is 10.6. The van der Waals surface area contributed by atoms with Gasteiger partial charge < -0.3 is 19.5 Å². The quantitative estimate of drug-likeness (QED) is 0.255. The maximum atomic E-state index is 13.1. The largest absolute Gasteiger partial charge is 0.495 e. The number of nitrogens with zero attached hydrogens (tertiary/aromatic N) is 1. The number of nitrogens with one attached hydrogen (secondary N) is 2. The molecule has 10 heteroatoms. The maximum absolute atomic E-state index is 13.1. The Morgan fingerprint density at radius 2 is 1.71 bits per heavy atom. The van der Waals surface area contributed by atoms with Gasteiger partial charge in [-0.3, -0.25) is 9.59 Å². The van der Waals surface area contributed by atoms with Crippen LogP contribution in [0.25, 0.3) is 0 Å². The number of benzene rings is 3. The summed E-state index contributed by atoms with van der Waals surface area (Å²) in [5.74, 6) is -0.928. The van der Waals surface area contributed by atoms with Crippen molar-refractivity contribution in [3.05, 3.63) is 82.6 Å². The summed E-state index contributed by atoms with van der Waals surface area (Å²) in [6.45, 7) is 2.46. The average Bonchev–Trinajstić information content (AvgIpc) is 2.85. The first kappa shape index (κ1) is 25.5. The molecule has 0 unspecified atom stereocenters. The van der Waals surface area contributed by atoms with Gasteiger partial charge in [0, 0.05) is 5.02 Å². The molecule has 3 aromatic rings. The lowest BCUT2D eigenvalue weighted by molar-refractivity contribution is -0.136. The minimum Gasteiger partial charge on any atom is -0.495 e. The molecule has 0 heterocycles. The fourth-order valence-corrected chi connectivity index (χ4v) is 3.08.